The van der Waals surface area contributed by atoms with Gasteiger partial charge >= 0.3 is 6.18 Å². The van der Waals surface area contributed by atoms with E-state index in [4.69, 9.17) is 10.00 Å². The summed E-state index contributed by atoms with van der Waals surface area (Å²) in [4.78, 5) is 11.9. The molecule has 0 atom stereocenters. The smallest absolute Gasteiger partial charge is 0.406 e. The van der Waals surface area contributed by atoms with Crippen LogP contribution in [0.3, 0.4) is 0 Å². The third-order valence-electron chi connectivity index (χ3n) is 7.13. The van der Waals surface area contributed by atoms with Gasteiger partial charge in [-0.05, 0) is 73.9 Å². The lowest BCUT2D eigenvalue weighted by atomic mass is 9.85. The fourth-order valence-corrected chi connectivity index (χ4v) is 5.12. The number of rotatable bonds is 8. The number of methoxy groups -OCH3 is 1. The van der Waals surface area contributed by atoms with E-state index in [-0.39, 0.29) is 24.2 Å². The highest BCUT2D eigenvalue weighted by Crippen LogP contribution is 2.33. The minimum absolute atomic E-state index is 0.151. The van der Waals surface area contributed by atoms with Crippen molar-refractivity contribution in [2.24, 2.45) is 5.92 Å². The van der Waals surface area contributed by atoms with Gasteiger partial charge in [0.2, 0.25) is 0 Å². The predicted octanol–water partition coefficient (Wildman–Crippen LogP) is 6.09. The first-order chi connectivity index (χ1) is 19.7. The van der Waals surface area contributed by atoms with Gasteiger partial charge in [0.05, 0.1) is 36.6 Å². The molecular weight excluding hydrogens is 531 g/mol. The summed E-state index contributed by atoms with van der Waals surface area (Å²) < 4.78 is 47.3. The van der Waals surface area contributed by atoms with Crippen LogP contribution in [0.25, 0.3) is 10.9 Å². The van der Waals surface area contributed by atoms with Gasteiger partial charge in [-0.2, -0.15) is 18.4 Å². The molecule has 1 saturated carbocycles. The van der Waals surface area contributed by atoms with Crippen LogP contribution >= 0.6 is 0 Å². The zero-order valence-corrected chi connectivity index (χ0v) is 22.9. The van der Waals surface area contributed by atoms with Gasteiger partial charge in [-0.15, -0.1) is 0 Å². The van der Waals surface area contributed by atoms with Crippen molar-refractivity contribution in [1.29, 1.82) is 5.26 Å². The second kappa shape index (κ2) is 13.2. The summed E-state index contributed by atoms with van der Waals surface area (Å²) in [6, 6.07) is 14.2. The Morgan fingerprint density at radius 2 is 1.93 bits per heavy atom. The Hall–Kier alpha value is -4.57. The van der Waals surface area contributed by atoms with Gasteiger partial charge < -0.3 is 25.3 Å². The van der Waals surface area contributed by atoms with Crippen LogP contribution in [-0.2, 0) is 6.54 Å². The highest BCUT2D eigenvalue weighted by molar-refractivity contribution is 5.95. The second-order valence-electron chi connectivity index (χ2n) is 9.86. The van der Waals surface area contributed by atoms with Crippen molar-refractivity contribution in [3.63, 3.8) is 0 Å². The molecule has 7 nitrogen and oxygen atoms in total. The van der Waals surface area contributed by atoms with Crippen molar-refractivity contribution in [3.8, 4) is 23.7 Å². The molecule has 41 heavy (non-hydrogen) atoms. The Balaban J connectivity index is 1.54. The monoisotopic (exact) mass is 563 g/mol. The zero-order valence-electron chi connectivity index (χ0n) is 22.9. The summed E-state index contributed by atoms with van der Waals surface area (Å²) in [5.74, 6) is 6.41. The molecule has 2 aromatic carbocycles. The normalized spacial score (nSPS) is 17.0. The largest absolute Gasteiger partial charge is 0.495 e. The minimum Gasteiger partial charge on any atom is -0.495 e. The number of amides is 1. The summed E-state index contributed by atoms with van der Waals surface area (Å²) in [5.41, 5.74) is 2.55. The predicted molar refractivity (Wildman–Crippen MR) is 154 cm³/mol. The molecule has 1 fully saturated rings. The van der Waals surface area contributed by atoms with E-state index in [1.165, 1.54) is 24.8 Å². The first-order valence-electron chi connectivity index (χ1n) is 13.4. The second-order valence-corrected chi connectivity index (χ2v) is 9.86. The summed E-state index contributed by atoms with van der Waals surface area (Å²) >= 11 is 0. The van der Waals surface area contributed by atoms with Gasteiger partial charge in [-0.25, -0.2) is 0 Å². The molecule has 1 amide bonds. The van der Waals surface area contributed by atoms with E-state index < -0.39 is 12.7 Å². The number of benzene rings is 2. The van der Waals surface area contributed by atoms with Gasteiger partial charge in [-0.3, -0.25) is 4.79 Å². The van der Waals surface area contributed by atoms with Crippen LogP contribution in [0.15, 0.2) is 54.6 Å². The molecule has 0 radical (unpaired) electrons. The Morgan fingerprint density at radius 1 is 1.15 bits per heavy atom. The zero-order chi connectivity index (χ0) is 29.4. The number of hydrogen-bond donors (Lipinski definition) is 3. The van der Waals surface area contributed by atoms with Crippen LogP contribution in [0.1, 0.15) is 41.7 Å². The fourth-order valence-electron chi connectivity index (χ4n) is 5.12. The maximum atomic E-state index is 13.6. The third kappa shape index (κ3) is 7.55. The van der Waals surface area contributed by atoms with E-state index in [1.54, 1.807) is 36.4 Å². The highest BCUT2D eigenvalue weighted by atomic mass is 19.4. The van der Waals surface area contributed by atoms with E-state index in [9.17, 15) is 18.0 Å². The summed E-state index contributed by atoms with van der Waals surface area (Å²) in [5, 5.41) is 18.6. The topological polar surface area (TPSA) is 91.1 Å². The fraction of sp³-hybridized carbons (Fsp3) is 0.355. The van der Waals surface area contributed by atoms with Crippen molar-refractivity contribution < 1.29 is 22.7 Å². The lowest BCUT2D eigenvalue weighted by Gasteiger charge is -2.28. The van der Waals surface area contributed by atoms with Gasteiger partial charge in [-0.1, -0.05) is 18.1 Å². The molecule has 0 bridgehead atoms. The number of nitrogens with one attached hydrogen (secondary N) is 3. The third-order valence-corrected chi connectivity index (χ3v) is 7.13. The number of carbonyl (C=O) groups excluding carboxylic acids is 1. The summed E-state index contributed by atoms with van der Waals surface area (Å²) in [6.45, 7) is -1.000. The molecular formula is C31H32F3N5O2. The lowest BCUT2D eigenvalue weighted by Crippen LogP contribution is -2.25. The molecule has 214 valence electrons. The Kier molecular flexibility index (Phi) is 9.46. The number of fused-ring (bicyclic) bond motifs is 1. The van der Waals surface area contributed by atoms with Gasteiger partial charge in [0, 0.05) is 35.8 Å². The molecule has 4 rings (SSSR count). The average molecular weight is 564 g/mol. The molecule has 1 heterocycles. The molecule has 3 aromatic rings. The Labute approximate surface area is 237 Å². The Bertz CT molecular complexity index is 1520. The van der Waals surface area contributed by atoms with E-state index >= 15 is 0 Å². The van der Waals surface area contributed by atoms with Crippen LogP contribution in [0, 0.1) is 29.1 Å². The number of nitrogens with zero attached hydrogens (tertiary/aromatic N) is 2. The van der Waals surface area contributed by atoms with Crippen molar-refractivity contribution in [2.75, 3.05) is 31.3 Å². The van der Waals surface area contributed by atoms with E-state index in [0.717, 1.165) is 31.4 Å². The maximum absolute atomic E-state index is 13.6. The van der Waals surface area contributed by atoms with Crippen LogP contribution in [0.2, 0.25) is 0 Å². The van der Waals surface area contributed by atoms with Crippen LogP contribution < -0.4 is 20.7 Å². The number of allylic oxidation sites excluding steroid dienone is 2. The van der Waals surface area contributed by atoms with Gasteiger partial charge in [0.1, 0.15) is 12.3 Å². The molecule has 0 saturated heterocycles. The number of halogens is 3. The average Bonchev–Trinajstić information content (AvgIpc) is 3.31. The van der Waals surface area contributed by atoms with Gasteiger partial charge in [0.15, 0.2) is 0 Å². The number of nitriles is 1. The summed E-state index contributed by atoms with van der Waals surface area (Å²) in [6.07, 6.45) is 2.77. The minimum atomic E-state index is -4.42. The summed E-state index contributed by atoms with van der Waals surface area (Å²) in [7, 11) is 3.02. The van der Waals surface area contributed by atoms with E-state index in [0.29, 0.717) is 33.8 Å². The molecule has 0 unspecified atom stereocenters. The molecule has 3 N–H and O–H groups in total. The Morgan fingerprint density at radius 3 is 2.61 bits per heavy atom. The first-order valence-corrected chi connectivity index (χ1v) is 13.4. The standard InChI is InChI=1S/C31H32F3N5O2/c1-36-30(40)22-12-15-27(29(18-22)41-2)37-17-5-7-24-19-25-26(8-3-9-28(25)39(24)20-31(32,33)34)38-23-13-10-21(11-14-23)6-4-16-35/h3-4,6,8-9,12,15,18-19,21,23,37-38H,10-11,13-14,17,20H2,1-2H3,(H,36,40)/b6-4+/t21-,23+. The van der Waals surface area contributed by atoms with Crippen LogP contribution in [0.5, 0.6) is 5.75 Å². The quantitative estimate of drug-likeness (QED) is 0.228. The number of alkyl halides is 3. The molecule has 0 spiro atoms. The van der Waals surface area contributed by atoms with E-state index in [1.807, 2.05) is 18.2 Å². The maximum Gasteiger partial charge on any atom is 0.406 e. The van der Waals surface area contributed by atoms with Crippen molar-refractivity contribution in [2.45, 2.75) is 44.4 Å². The van der Waals surface area contributed by atoms with Crippen LogP contribution in [0.4, 0.5) is 24.5 Å². The first kappa shape index (κ1) is 29.4. The molecule has 10 heteroatoms. The SMILES string of the molecule is CNC(=O)c1ccc(NCC#Cc2cc3c(N[C@H]4CC[C@@H](/C=C/C#N)CC4)cccc3n2CC(F)(F)F)c(OC)c1. The van der Waals surface area contributed by atoms with E-state index in [2.05, 4.69) is 27.8 Å². The molecule has 0 aliphatic heterocycles. The molecule has 1 aliphatic carbocycles. The number of hydrogen-bond acceptors (Lipinski definition) is 5. The van der Waals surface area contributed by atoms with Crippen LogP contribution in [-0.4, -0.2) is 43.4 Å². The molecule has 1 aromatic heterocycles. The number of ether oxygens (including phenoxy) is 1. The molecule has 1 aliphatic rings. The number of carbonyl (C=O) groups is 1. The van der Waals surface area contributed by atoms with Crippen molar-refractivity contribution in [1.82, 2.24) is 9.88 Å². The number of anilines is 2. The van der Waals surface area contributed by atoms with Gasteiger partial charge in [0.25, 0.3) is 5.91 Å². The lowest BCUT2D eigenvalue weighted by molar-refractivity contribution is -0.140. The highest BCUT2D eigenvalue weighted by Gasteiger charge is 2.30. The number of aromatic nitrogens is 1. The van der Waals surface area contributed by atoms with Crippen molar-refractivity contribution >= 4 is 28.2 Å². The van der Waals surface area contributed by atoms with Crippen molar-refractivity contribution in [3.05, 3.63) is 65.9 Å².